The first kappa shape index (κ1) is 13.4. The van der Waals surface area contributed by atoms with Gasteiger partial charge in [-0.3, -0.25) is 4.79 Å². The molecule has 1 amide bonds. The van der Waals surface area contributed by atoms with E-state index in [1.54, 1.807) is 4.90 Å². The highest BCUT2D eigenvalue weighted by Gasteiger charge is 2.42. The van der Waals surface area contributed by atoms with Gasteiger partial charge in [0.15, 0.2) is 9.84 Å². The minimum atomic E-state index is -3.40. The zero-order valence-corrected chi connectivity index (χ0v) is 10.9. The zero-order valence-electron chi connectivity index (χ0n) is 10.1. The number of carbonyl (C=O) groups is 1. The van der Waals surface area contributed by atoms with Crippen LogP contribution in [0.15, 0.2) is 0 Å². The number of likely N-dealkylation sites (tertiary alicyclic amines) is 1. The van der Waals surface area contributed by atoms with Crippen LogP contribution in [0, 0.1) is 0 Å². The molecule has 6 heteroatoms. The van der Waals surface area contributed by atoms with E-state index in [1.807, 2.05) is 0 Å². The second-order valence-corrected chi connectivity index (χ2v) is 7.50. The Bertz CT molecular complexity index is 376. The Labute approximate surface area is 96.9 Å². The molecule has 0 unspecified atom stereocenters. The van der Waals surface area contributed by atoms with E-state index in [9.17, 15) is 13.2 Å². The van der Waals surface area contributed by atoms with Crippen molar-refractivity contribution in [1.82, 2.24) is 4.90 Å². The van der Waals surface area contributed by atoms with Crippen LogP contribution in [0.2, 0.25) is 0 Å². The van der Waals surface area contributed by atoms with Gasteiger partial charge >= 0.3 is 0 Å². The average Bonchev–Trinajstić information content (AvgIpc) is 2.14. The fourth-order valence-corrected chi connectivity index (χ4v) is 2.18. The van der Waals surface area contributed by atoms with Crippen LogP contribution in [-0.4, -0.2) is 49.4 Å². The van der Waals surface area contributed by atoms with Gasteiger partial charge in [0.05, 0.1) is 0 Å². The van der Waals surface area contributed by atoms with E-state index in [-0.39, 0.29) is 11.9 Å². The third-order valence-electron chi connectivity index (χ3n) is 3.19. The Balaban J connectivity index is 2.85. The van der Waals surface area contributed by atoms with Crippen molar-refractivity contribution in [2.45, 2.75) is 37.5 Å². The van der Waals surface area contributed by atoms with Crippen LogP contribution >= 0.6 is 0 Å². The lowest BCUT2D eigenvalue weighted by Gasteiger charge is -2.35. The van der Waals surface area contributed by atoms with Gasteiger partial charge in [0.1, 0.15) is 4.75 Å². The van der Waals surface area contributed by atoms with E-state index >= 15 is 0 Å². The molecule has 0 aliphatic carbocycles. The van der Waals surface area contributed by atoms with Gasteiger partial charge in [0.25, 0.3) is 0 Å². The quantitative estimate of drug-likeness (QED) is 0.731. The number of nitrogens with two attached hydrogens (primary N) is 1. The zero-order chi connectivity index (χ0) is 12.6. The first-order valence-corrected chi connectivity index (χ1v) is 7.30. The van der Waals surface area contributed by atoms with Gasteiger partial charge in [0.2, 0.25) is 5.91 Å². The topological polar surface area (TPSA) is 80.5 Å². The van der Waals surface area contributed by atoms with Crippen molar-refractivity contribution >= 4 is 15.7 Å². The lowest BCUT2D eigenvalue weighted by molar-refractivity contribution is -0.134. The molecule has 2 N–H and O–H groups in total. The number of sulfone groups is 1. The summed E-state index contributed by atoms with van der Waals surface area (Å²) >= 11 is 0. The summed E-state index contributed by atoms with van der Waals surface area (Å²) in [7, 11) is -3.40. The molecule has 16 heavy (non-hydrogen) atoms. The van der Waals surface area contributed by atoms with Crippen LogP contribution in [0.1, 0.15) is 26.7 Å². The van der Waals surface area contributed by atoms with E-state index in [4.69, 9.17) is 5.73 Å². The fourth-order valence-electron chi connectivity index (χ4n) is 1.73. The summed E-state index contributed by atoms with van der Waals surface area (Å²) in [6, 6.07) is -0.0342. The molecule has 0 bridgehead atoms. The van der Waals surface area contributed by atoms with Crippen LogP contribution in [0.25, 0.3) is 0 Å². The van der Waals surface area contributed by atoms with Gasteiger partial charge in [-0.25, -0.2) is 8.42 Å². The Kier molecular flexibility index (Phi) is 3.64. The molecule has 5 nitrogen and oxygen atoms in total. The fraction of sp³-hybridized carbons (Fsp3) is 0.900. The molecule has 0 aromatic heterocycles. The highest BCUT2D eigenvalue weighted by Crippen LogP contribution is 2.21. The van der Waals surface area contributed by atoms with Gasteiger partial charge in [-0.1, -0.05) is 0 Å². The molecule has 1 aliphatic heterocycles. The first-order valence-electron chi connectivity index (χ1n) is 5.41. The Hall–Kier alpha value is -0.620. The molecule has 0 aromatic carbocycles. The highest BCUT2D eigenvalue weighted by molar-refractivity contribution is 7.92. The molecule has 94 valence electrons. The Morgan fingerprint density at radius 1 is 1.44 bits per heavy atom. The molecule has 1 fully saturated rings. The van der Waals surface area contributed by atoms with Crippen LogP contribution in [0.3, 0.4) is 0 Å². The lowest BCUT2D eigenvalue weighted by atomic mass is 10.0. The van der Waals surface area contributed by atoms with E-state index in [1.165, 1.54) is 13.8 Å². The van der Waals surface area contributed by atoms with Crippen molar-refractivity contribution < 1.29 is 13.2 Å². The van der Waals surface area contributed by atoms with E-state index in [0.29, 0.717) is 13.1 Å². The van der Waals surface area contributed by atoms with Gasteiger partial charge < -0.3 is 10.6 Å². The minimum Gasteiger partial charge on any atom is -0.340 e. The van der Waals surface area contributed by atoms with Crippen molar-refractivity contribution in [3.05, 3.63) is 0 Å². The van der Waals surface area contributed by atoms with Crippen molar-refractivity contribution in [1.29, 1.82) is 0 Å². The normalized spacial score (nSPS) is 23.2. The Morgan fingerprint density at radius 3 is 2.44 bits per heavy atom. The number of rotatable bonds is 2. The summed E-state index contributed by atoms with van der Waals surface area (Å²) in [5.74, 6) is -0.342. The predicted octanol–water partition coefficient (Wildman–Crippen LogP) is -0.241. The summed E-state index contributed by atoms with van der Waals surface area (Å²) < 4.78 is 21.7. The summed E-state index contributed by atoms with van der Waals surface area (Å²) in [5, 5.41) is 0. The summed E-state index contributed by atoms with van der Waals surface area (Å²) in [4.78, 5) is 13.7. The Morgan fingerprint density at radius 2 is 2.00 bits per heavy atom. The van der Waals surface area contributed by atoms with Crippen molar-refractivity contribution in [2.75, 3.05) is 19.3 Å². The van der Waals surface area contributed by atoms with Crippen LogP contribution in [0.4, 0.5) is 0 Å². The molecule has 0 saturated carbocycles. The molecular weight excluding hydrogens is 228 g/mol. The summed E-state index contributed by atoms with van der Waals surface area (Å²) in [6.45, 7) is 3.96. The van der Waals surface area contributed by atoms with Crippen LogP contribution < -0.4 is 5.73 Å². The first-order chi connectivity index (χ1) is 7.16. The molecular formula is C10H20N2O3S. The van der Waals surface area contributed by atoms with Gasteiger partial charge in [-0.05, 0) is 26.7 Å². The maximum atomic E-state index is 12.1. The van der Waals surface area contributed by atoms with Crippen molar-refractivity contribution in [3.63, 3.8) is 0 Å². The third-order valence-corrected chi connectivity index (χ3v) is 5.22. The average molecular weight is 248 g/mol. The van der Waals surface area contributed by atoms with E-state index in [0.717, 1.165) is 19.1 Å². The second kappa shape index (κ2) is 4.33. The lowest BCUT2D eigenvalue weighted by Crippen LogP contribution is -2.54. The number of piperidine rings is 1. The third kappa shape index (κ3) is 2.55. The molecule has 0 radical (unpaired) electrons. The molecule has 1 rings (SSSR count). The van der Waals surface area contributed by atoms with Gasteiger partial charge in [-0.15, -0.1) is 0 Å². The number of hydrogen-bond donors (Lipinski definition) is 1. The standard InChI is InChI=1S/C10H20N2O3S/c1-10(2,16(3,14)15)9(13)12-6-4-5-8(11)7-12/h8H,4-7,11H2,1-3H3/t8-/m1/s1. The van der Waals surface area contributed by atoms with E-state index in [2.05, 4.69) is 0 Å². The molecule has 0 aromatic rings. The van der Waals surface area contributed by atoms with E-state index < -0.39 is 14.6 Å². The molecule has 1 saturated heterocycles. The second-order valence-electron chi connectivity index (χ2n) is 4.94. The SMILES string of the molecule is CC(C)(C(=O)N1CCC[C@@H](N)C1)S(C)(=O)=O. The monoisotopic (exact) mass is 248 g/mol. The van der Waals surface area contributed by atoms with Crippen LogP contribution in [-0.2, 0) is 14.6 Å². The molecule has 1 aliphatic rings. The number of hydrogen-bond acceptors (Lipinski definition) is 4. The van der Waals surface area contributed by atoms with Gasteiger partial charge in [-0.2, -0.15) is 0 Å². The number of carbonyl (C=O) groups excluding carboxylic acids is 1. The predicted molar refractivity (Wildman–Crippen MR) is 62.7 cm³/mol. The van der Waals surface area contributed by atoms with Gasteiger partial charge in [0, 0.05) is 25.4 Å². The highest BCUT2D eigenvalue weighted by atomic mass is 32.2. The smallest absolute Gasteiger partial charge is 0.243 e. The summed E-state index contributed by atoms with van der Waals surface area (Å²) in [5.41, 5.74) is 5.77. The van der Waals surface area contributed by atoms with Crippen molar-refractivity contribution in [2.24, 2.45) is 5.73 Å². The minimum absolute atomic E-state index is 0.0342. The maximum Gasteiger partial charge on any atom is 0.243 e. The molecule has 1 heterocycles. The van der Waals surface area contributed by atoms with Crippen LogP contribution in [0.5, 0.6) is 0 Å². The number of nitrogens with zero attached hydrogens (tertiary/aromatic N) is 1. The largest absolute Gasteiger partial charge is 0.340 e. The maximum absolute atomic E-state index is 12.1. The number of amides is 1. The molecule has 1 atom stereocenters. The molecule has 0 spiro atoms. The van der Waals surface area contributed by atoms with Crippen molar-refractivity contribution in [3.8, 4) is 0 Å². The summed E-state index contributed by atoms with van der Waals surface area (Å²) in [6.07, 6.45) is 2.82.